The number of hydrogen-bond donors (Lipinski definition) is 1. The monoisotopic (exact) mass is 291 g/mol. The summed E-state index contributed by atoms with van der Waals surface area (Å²) < 4.78 is 0. The Morgan fingerprint density at radius 2 is 1.80 bits per heavy atom. The molecule has 1 aromatic carbocycles. The predicted molar refractivity (Wildman–Crippen MR) is 91.7 cm³/mol. The van der Waals surface area contributed by atoms with E-state index in [1.54, 1.807) is 0 Å². The topological polar surface area (TPSA) is 12.0 Å². The highest BCUT2D eigenvalue weighted by molar-refractivity contribution is 8.00. The first-order valence-electron chi connectivity index (χ1n) is 8.17. The van der Waals surface area contributed by atoms with E-state index in [-0.39, 0.29) is 0 Å². The van der Waals surface area contributed by atoms with Gasteiger partial charge in [-0.3, -0.25) is 0 Å². The van der Waals surface area contributed by atoms with Gasteiger partial charge in [-0.15, -0.1) is 11.8 Å². The summed E-state index contributed by atoms with van der Waals surface area (Å²) in [5.74, 6) is 0.794. The van der Waals surface area contributed by atoms with E-state index in [1.807, 2.05) is 0 Å². The summed E-state index contributed by atoms with van der Waals surface area (Å²) in [5, 5.41) is 4.56. The van der Waals surface area contributed by atoms with Crippen LogP contribution in [0.4, 0.5) is 5.69 Å². The van der Waals surface area contributed by atoms with E-state index >= 15 is 0 Å². The molecule has 1 N–H and O–H groups in total. The maximum absolute atomic E-state index is 3.72. The summed E-state index contributed by atoms with van der Waals surface area (Å²) in [6.07, 6.45) is 8.16. The molecule has 0 aliphatic heterocycles. The molecule has 0 radical (unpaired) electrons. The normalized spacial score (nSPS) is 17.6. The van der Waals surface area contributed by atoms with Crippen molar-refractivity contribution < 1.29 is 0 Å². The maximum Gasteiger partial charge on any atom is 0.0480 e. The van der Waals surface area contributed by atoms with Gasteiger partial charge in [0.25, 0.3) is 0 Å². The van der Waals surface area contributed by atoms with Crippen molar-refractivity contribution in [3.8, 4) is 0 Å². The van der Waals surface area contributed by atoms with Crippen LogP contribution < -0.4 is 5.32 Å². The van der Waals surface area contributed by atoms with Gasteiger partial charge in [0.2, 0.25) is 0 Å². The summed E-state index contributed by atoms with van der Waals surface area (Å²) in [5.41, 5.74) is 1.33. The zero-order valence-corrected chi connectivity index (χ0v) is 14.0. The molecule has 0 bridgehead atoms. The van der Waals surface area contributed by atoms with Gasteiger partial charge >= 0.3 is 0 Å². The number of nitrogens with one attached hydrogen (secondary N) is 1. The Hall–Kier alpha value is -0.630. The van der Waals surface area contributed by atoms with Gasteiger partial charge < -0.3 is 5.32 Å². The zero-order valence-electron chi connectivity index (χ0n) is 13.2. The van der Waals surface area contributed by atoms with E-state index < -0.39 is 0 Å². The van der Waals surface area contributed by atoms with Crippen molar-refractivity contribution in [1.82, 2.24) is 0 Å². The Morgan fingerprint density at radius 3 is 2.50 bits per heavy atom. The van der Waals surface area contributed by atoms with Crippen LogP contribution in [0.25, 0.3) is 0 Å². The van der Waals surface area contributed by atoms with Crippen LogP contribution in [-0.4, -0.2) is 11.3 Å². The minimum atomic E-state index is 0.558. The van der Waals surface area contributed by atoms with Crippen molar-refractivity contribution in [3.05, 3.63) is 24.3 Å². The number of rotatable bonds is 7. The molecular weight excluding hydrogens is 262 g/mol. The van der Waals surface area contributed by atoms with Gasteiger partial charge in [-0.05, 0) is 50.7 Å². The van der Waals surface area contributed by atoms with Gasteiger partial charge in [0.05, 0.1) is 0 Å². The van der Waals surface area contributed by atoms with E-state index in [9.17, 15) is 0 Å². The van der Waals surface area contributed by atoms with E-state index in [4.69, 9.17) is 0 Å². The van der Waals surface area contributed by atoms with Crippen molar-refractivity contribution in [2.45, 2.75) is 75.5 Å². The second-order valence-electron chi connectivity index (χ2n) is 6.54. The molecule has 2 rings (SSSR count). The molecule has 20 heavy (non-hydrogen) atoms. The second-order valence-corrected chi connectivity index (χ2v) is 7.88. The molecule has 0 spiro atoms. The minimum Gasteiger partial charge on any atom is -0.382 e. The molecule has 1 aromatic rings. The average molecular weight is 292 g/mol. The molecular formula is C18H29NS. The third kappa shape index (κ3) is 5.05. The van der Waals surface area contributed by atoms with Crippen LogP contribution in [0.15, 0.2) is 29.2 Å². The first kappa shape index (κ1) is 15.8. The van der Waals surface area contributed by atoms with Crippen molar-refractivity contribution in [3.63, 3.8) is 0 Å². The molecule has 1 aliphatic carbocycles. The van der Waals surface area contributed by atoms with Crippen LogP contribution in [-0.2, 0) is 0 Å². The Bertz CT molecular complexity index is 396. The second kappa shape index (κ2) is 7.97. The molecule has 1 aliphatic rings. The van der Waals surface area contributed by atoms with E-state index in [0.717, 1.165) is 11.2 Å². The maximum atomic E-state index is 3.72. The number of anilines is 1. The molecule has 1 saturated carbocycles. The number of thioether (sulfide) groups is 1. The van der Waals surface area contributed by atoms with E-state index in [0.29, 0.717) is 6.04 Å². The summed E-state index contributed by atoms with van der Waals surface area (Å²) in [6, 6.07) is 9.39. The van der Waals surface area contributed by atoms with Crippen LogP contribution in [0.5, 0.6) is 0 Å². The first-order valence-corrected chi connectivity index (χ1v) is 9.05. The fourth-order valence-corrected chi connectivity index (χ4v) is 4.13. The van der Waals surface area contributed by atoms with Gasteiger partial charge in [-0.1, -0.05) is 38.8 Å². The van der Waals surface area contributed by atoms with Crippen LogP contribution in [0, 0.1) is 5.92 Å². The number of hydrogen-bond acceptors (Lipinski definition) is 2. The third-order valence-corrected chi connectivity index (χ3v) is 5.48. The largest absolute Gasteiger partial charge is 0.382 e. The predicted octanol–water partition coefficient (Wildman–Crippen LogP) is 5.96. The summed E-state index contributed by atoms with van der Waals surface area (Å²) in [7, 11) is 0. The molecule has 0 heterocycles. The zero-order chi connectivity index (χ0) is 14.4. The molecule has 1 nitrogen and oxygen atoms in total. The average Bonchev–Trinajstić information content (AvgIpc) is 2.92. The molecule has 112 valence electrons. The van der Waals surface area contributed by atoms with Gasteiger partial charge in [0.15, 0.2) is 0 Å². The highest BCUT2D eigenvalue weighted by Crippen LogP contribution is 2.38. The lowest BCUT2D eigenvalue weighted by Crippen LogP contribution is -2.16. The Morgan fingerprint density at radius 1 is 1.10 bits per heavy atom. The van der Waals surface area contributed by atoms with Gasteiger partial charge in [-0.25, -0.2) is 0 Å². The molecule has 2 heteroatoms. The standard InChI is InChI=1S/C18H29NS/c1-14(2)12-13-15(3)19-17-10-6-7-11-18(17)20-16-8-4-5-9-16/h6-7,10-11,14-16,19H,4-5,8-9,12-13H2,1-3H3. The molecule has 1 unspecified atom stereocenters. The Labute approximate surface area is 128 Å². The fraction of sp³-hybridized carbons (Fsp3) is 0.667. The smallest absolute Gasteiger partial charge is 0.0480 e. The van der Waals surface area contributed by atoms with Gasteiger partial charge in [0, 0.05) is 21.9 Å². The minimum absolute atomic E-state index is 0.558. The number of para-hydroxylation sites is 1. The molecule has 0 aromatic heterocycles. The summed E-state index contributed by atoms with van der Waals surface area (Å²) in [6.45, 7) is 6.91. The third-order valence-electron chi connectivity index (χ3n) is 4.06. The Kier molecular flexibility index (Phi) is 6.28. The molecule has 1 fully saturated rings. The molecule has 1 atom stereocenters. The van der Waals surface area contributed by atoms with E-state index in [1.165, 1.54) is 49.1 Å². The number of benzene rings is 1. The highest BCUT2D eigenvalue weighted by Gasteiger charge is 2.17. The molecule has 0 amide bonds. The lowest BCUT2D eigenvalue weighted by molar-refractivity contribution is 0.527. The fourth-order valence-electron chi connectivity index (χ4n) is 2.80. The first-order chi connectivity index (χ1) is 9.65. The van der Waals surface area contributed by atoms with Crippen LogP contribution in [0.3, 0.4) is 0 Å². The quantitative estimate of drug-likeness (QED) is 0.665. The molecule has 0 saturated heterocycles. The van der Waals surface area contributed by atoms with Crippen molar-refractivity contribution in [2.75, 3.05) is 5.32 Å². The van der Waals surface area contributed by atoms with Crippen molar-refractivity contribution in [1.29, 1.82) is 0 Å². The SMILES string of the molecule is CC(C)CCC(C)Nc1ccccc1SC1CCCC1. The van der Waals surface area contributed by atoms with Crippen LogP contribution in [0.1, 0.15) is 59.3 Å². The van der Waals surface area contributed by atoms with Crippen molar-refractivity contribution >= 4 is 17.4 Å². The van der Waals surface area contributed by atoms with Crippen molar-refractivity contribution in [2.24, 2.45) is 5.92 Å². The van der Waals surface area contributed by atoms with E-state index in [2.05, 4.69) is 62.1 Å². The van der Waals surface area contributed by atoms with Gasteiger partial charge in [-0.2, -0.15) is 0 Å². The van der Waals surface area contributed by atoms with Gasteiger partial charge in [0.1, 0.15) is 0 Å². The van der Waals surface area contributed by atoms with Crippen LogP contribution in [0.2, 0.25) is 0 Å². The van der Waals surface area contributed by atoms with Crippen LogP contribution >= 0.6 is 11.8 Å². The summed E-state index contributed by atoms with van der Waals surface area (Å²) >= 11 is 2.08. The highest BCUT2D eigenvalue weighted by atomic mass is 32.2. The lowest BCUT2D eigenvalue weighted by atomic mass is 10.0. The lowest BCUT2D eigenvalue weighted by Gasteiger charge is -2.20. The summed E-state index contributed by atoms with van der Waals surface area (Å²) in [4.78, 5) is 1.44. The Balaban J connectivity index is 1.92.